The molecule has 1 aliphatic heterocycles. The van der Waals surface area contributed by atoms with Gasteiger partial charge < -0.3 is 14.2 Å². The number of ether oxygens (including phenoxy) is 3. The van der Waals surface area contributed by atoms with Gasteiger partial charge in [0.2, 0.25) is 6.79 Å². The second-order valence-corrected chi connectivity index (χ2v) is 5.62. The molecule has 0 N–H and O–H groups in total. The topological polar surface area (TPSA) is 27.7 Å². The first kappa shape index (κ1) is 13.9. The van der Waals surface area contributed by atoms with E-state index in [2.05, 4.69) is 18.7 Å². The first-order chi connectivity index (χ1) is 10.3. The van der Waals surface area contributed by atoms with Crippen LogP contribution in [0.5, 0.6) is 17.2 Å². The Kier molecular flexibility index (Phi) is 4.06. The number of benzene rings is 2. The van der Waals surface area contributed by atoms with Gasteiger partial charge in [0, 0.05) is 10.5 Å². The standard InChI is InChI=1S/C17H16O3S/c1-3-7-12-10-14-16(20-11-19-14)17(15(12)18-2)21-13-8-5-4-6-9-13/h3-6,8-10H,1,7,11H2,2H3. The molecule has 0 unspecified atom stereocenters. The lowest BCUT2D eigenvalue weighted by molar-refractivity contribution is 0.172. The van der Waals surface area contributed by atoms with E-state index in [4.69, 9.17) is 14.2 Å². The largest absolute Gasteiger partial charge is 0.495 e. The lowest BCUT2D eigenvalue weighted by Gasteiger charge is -2.15. The number of methoxy groups -OCH3 is 1. The van der Waals surface area contributed by atoms with Crippen molar-refractivity contribution in [3.8, 4) is 17.2 Å². The highest BCUT2D eigenvalue weighted by Gasteiger charge is 2.25. The number of fused-ring (bicyclic) bond motifs is 1. The van der Waals surface area contributed by atoms with Crippen molar-refractivity contribution < 1.29 is 14.2 Å². The van der Waals surface area contributed by atoms with E-state index in [1.54, 1.807) is 18.9 Å². The minimum atomic E-state index is 0.248. The van der Waals surface area contributed by atoms with E-state index in [9.17, 15) is 0 Å². The average Bonchev–Trinajstić information content (AvgIpc) is 2.97. The fourth-order valence-corrected chi connectivity index (χ4v) is 3.36. The highest BCUT2D eigenvalue weighted by molar-refractivity contribution is 7.99. The summed E-state index contributed by atoms with van der Waals surface area (Å²) in [6.07, 6.45) is 2.58. The highest BCUT2D eigenvalue weighted by Crippen LogP contribution is 2.50. The van der Waals surface area contributed by atoms with Gasteiger partial charge in [-0.3, -0.25) is 0 Å². The van der Waals surface area contributed by atoms with Crippen molar-refractivity contribution in [2.75, 3.05) is 13.9 Å². The number of rotatable bonds is 5. The second kappa shape index (κ2) is 6.14. The summed E-state index contributed by atoms with van der Waals surface area (Å²) in [5.41, 5.74) is 1.05. The summed E-state index contributed by atoms with van der Waals surface area (Å²) < 4.78 is 16.8. The van der Waals surface area contributed by atoms with E-state index < -0.39 is 0 Å². The maximum atomic E-state index is 5.63. The molecular weight excluding hydrogens is 284 g/mol. The molecule has 0 bridgehead atoms. The van der Waals surface area contributed by atoms with Gasteiger partial charge >= 0.3 is 0 Å². The monoisotopic (exact) mass is 300 g/mol. The molecule has 1 heterocycles. The lowest BCUT2D eigenvalue weighted by Crippen LogP contribution is -1.95. The van der Waals surface area contributed by atoms with Gasteiger partial charge in [-0.25, -0.2) is 0 Å². The van der Waals surface area contributed by atoms with Crippen molar-refractivity contribution in [2.45, 2.75) is 16.2 Å². The molecule has 1 aliphatic rings. The van der Waals surface area contributed by atoms with E-state index in [0.717, 1.165) is 39.0 Å². The van der Waals surface area contributed by atoms with Crippen LogP contribution in [0, 0.1) is 0 Å². The van der Waals surface area contributed by atoms with Crippen molar-refractivity contribution in [3.05, 3.63) is 54.6 Å². The fourth-order valence-electron chi connectivity index (χ4n) is 2.28. The third-order valence-electron chi connectivity index (χ3n) is 3.18. The molecule has 0 fully saturated rings. The van der Waals surface area contributed by atoms with Crippen molar-refractivity contribution in [2.24, 2.45) is 0 Å². The summed E-state index contributed by atoms with van der Waals surface area (Å²) in [7, 11) is 1.68. The predicted molar refractivity (Wildman–Crippen MR) is 83.6 cm³/mol. The first-order valence-corrected chi connectivity index (χ1v) is 7.48. The van der Waals surface area contributed by atoms with E-state index in [-0.39, 0.29) is 6.79 Å². The Bertz CT molecular complexity index is 653. The summed E-state index contributed by atoms with van der Waals surface area (Å²) in [5.74, 6) is 2.35. The molecule has 4 heteroatoms. The third kappa shape index (κ3) is 2.72. The number of hydrogen-bond donors (Lipinski definition) is 0. The van der Waals surface area contributed by atoms with Gasteiger partial charge in [0.15, 0.2) is 11.5 Å². The molecule has 0 radical (unpaired) electrons. The molecule has 0 amide bonds. The maximum absolute atomic E-state index is 5.63. The van der Waals surface area contributed by atoms with Gasteiger partial charge in [-0.2, -0.15) is 0 Å². The van der Waals surface area contributed by atoms with E-state index in [0.29, 0.717) is 0 Å². The van der Waals surface area contributed by atoms with Crippen LogP contribution in [0.3, 0.4) is 0 Å². The van der Waals surface area contributed by atoms with Crippen LogP contribution in [0.25, 0.3) is 0 Å². The molecule has 0 saturated heterocycles. The first-order valence-electron chi connectivity index (χ1n) is 6.66. The van der Waals surface area contributed by atoms with Gasteiger partial charge in [-0.05, 0) is 24.6 Å². The quantitative estimate of drug-likeness (QED) is 0.769. The minimum absolute atomic E-state index is 0.248. The van der Waals surface area contributed by atoms with Gasteiger partial charge in [-0.15, -0.1) is 6.58 Å². The van der Waals surface area contributed by atoms with Crippen molar-refractivity contribution in [1.82, 2.24) is 0 Å². The zero-order chi connectivity index (χ0) is 14.7. The predicted octanol–water partition coefficient (Wildman–Crippen LogP) is 4.30. The van der Waals surface area contributed by atoms with Crippen LogP contribution < -0.4 is 14.2 Å². The molecule has 3 rings (SSSR count). The van der Waals surface area contributed by atoms with Gasteiger partial charge in [0.25, 0.3) is 0 Å². The van der Waals surface area contributed by atoms with Crippen LogP contribution >= 0.6 is 11.8 Å². The normalized spacial score (nSPS) is 12.2. The molecule has 21 heavy (non-hydrogen) atoms. The summed E-state index contributed by atoms with van der Waals surface area (Å²) in [6.45, 7) is 4.05. The minimum Gasteiger partial charge on any atom is -0.495 e. The molecule has 0 aliphatic carbocycles. The smallest absolute Gasteiger partial charge is 0.231 e. The Labute approximate surface area is 128 Å². The summed E-state index contributed by atoms with van der Waals surface area (Å²) in [4.78, 5) is 2.08. The number of hydrogen-bond acceptors (Lipinski definition) is 4. The molecule has 0 saturated carbocycles. The maximum Gasteiger partial charge on any atom is 0.231 e. The highest BCUT2D eigenvalue weighted by atomic mass is 32.2. The lowest BCUT2D eigenvalue weighted by atomic mass is 10.1. The molecule has 3 nitrogen and oxygen atoms in total. The molecule has 108 valence electrons. The Morgan fingerprint density at radius 3 is 2.81 bits per heavy atom. The van der Waals surface area contributed by atoms with Gasteiger partial charge in [0.1, 0.15) is 10.6 Å². The van der Waals surface area contributed by atoms with Crippen LogP contribution in [-0.4, -0.2) is 13.9 Å². The van der Waals surface area contributed by atoms with E-state index in [1.165, 1.54) is 0 Å². The Morgan fingerprint density at radius 2 is 2.10 bits per heavy atom. The Balaban J connectivity index is 2.10. The molecular formula is C17H16O3S. The fraction of sp³-hybridized carbons (Fsp3) is 0.176. The number of allylic oxidation sites excluding steroid dienone is 1. The van der Waals surface area contributed by atoms with Crippen molar-refractivity contribution in [1.29, 1.82) is 0 Å². The molecule has 0 aromatic heterocycles. The van der Waals surface area contributed by atoms with Crippen LogP contribution in [0.1, 0.15) is 5.56 Å². The molecule has 0 spiro atoms. The summed E-state index contributed by atoms with van der Waals surface area (Å²) >= 11 is 1.62. The van der Waals surface area contributed by atoms with E-state index in [1.807, 2.05) is 30.3 Å². The zero-order valence-corrected chi connectivity index (χ0v) is 12.6. The Hall–Kier alpha value is -2.07. The van der Waals surface area contributed by atoms with Crippen molar-refractivity contribution in [3.63, 3.8) is 0 Å². The third-order valence-corrected chi connectivity index (χ3v) is 4.27. The van der Waals surface area contributed by atoms with Crippen LogP contribution in [0.15, 0.2) is 58.8 Å². The Morgan fingerprint density at radius 1 is 1.29 bits per heavy atom. The van der Waals surface area contributed by atoms with Crippen LogP contribution in [0.4, 0.5) is 0 Å². The van der Waals surface area contributed by atoms with Crippen LogP contribution in [-0.2, 0) is 6.42 Å². The van der Waals surface area contributed by atoms with Crippen LogP contribution in [0.2, 0.25) is 0 Å². The van der Waals surface area contributed by atoms with Gasteiger partial charge in [0.05, 0.1) is 7.11 Å². The molecule has 2 aromatic carbocycles. The zero-order valence-electron chi connectivity index (χ0n) is 11.8. The van der Waals surface area contributed by atoms with E-state index >= 15 is 0 Å². The summed E-state index contributed by atoms with van der Waals surface area (Å²) in [5, 5.41) is 0. The average molecular weight is 300 g/mol. The molecule has 0 atom stereocenters. The SMILES string of the molecule is C=CCc1cc2c(c(Sc3ccccc3)c1OC)OCO2. The second-order valence-electron chi connectivity index (χ2n) is 4.54. The van der Waals surface area contributed by atoms with Crippen molar-refractivity contribution >= 4 is 11.8 Å². The van der Waals surface area contributed by atoms with Gasteiger partial charge in [-0.1, -0.05) is 36.0 Å². The molecule has 2 aromatic rings. The summed E-state index contributed by atoms with van der Waals surface area (Å²) in [6, 6.07) is 12.1.